The molecule has 0 aliphatic carbocycles. The van der Waals surface area contributed by atoms with E-state index in [-0.39, 0.29) is 12.1 Å². The van der Waals surface area contributed by atoms with Gasteiger partial charge in [0.15, 0.2) is 0 Å². The highest BCUT2D eigenvalue weighted by atomic mass is 16.3. The summed E-state index contributed by atoms with van der Waals surface area (Å²) >= 11 is 0. The zero-order valence-corrected chi connectivity index (χ0v) is 5.69. The van der Waals surface area contributed by atoms with E-state index in [4.69, 9.17) is 10.8 Å². The van der Waals surface area contributed by atoms with Crippen LogP contribution in [0, 0.1) is 4.91 Å². The summed E-state index contributed by atoms with van der Waals surface area (Å²) in [5.74, 6) is 0. The second-order valence-corrected chi connectivity index (χ2v) is 2.10. The molecule has 0 saturated heterocycles. The van der Waals surface area contributed by atoms with Crippen LogP contribution in [0.15, 0.2) is 11.4 Å². The van der Waals surface area contributed by atoms with Crippen molar-refractivity contribution in [2.75, 3.05) is 0 Å². The second-order valence-electron chi connectivity index (χ2n) is 2.10. The van der Waals surface area contributed by atoms with Crippen LogP contribution in [0.3, 0.4) is 0 Å². The van der Waals surface area contributed by atoms with Crippen molar-refractivity contribution in [2.45, 2.75) is 12.6 Å². The fourth-order valence-electron chi connectivity index (χ4n) is 0.745. The molecule has 0 spiro atoms. The minimum Gasteiger partial charge on any atom is -0.378 e. The summed E-state index contributed by atoms with van der Waals surface area (Å²) in [6.45, 7) is 0. The van der Waals surface area contributed by atoms with Crippen molar-refractivity contribution in [2.24, 2.45) is 10.9 Å². The van der Waals surface area contributed by atoms with Crippen LogP contribution in [-0.4, -0.2) is 21.5 Å². The maximum absolute atomic E-state index is 10.0. The summed E-state index contributed by atoms with van der Waals surface area (Å²) in [7, 11) is 0. The van der Waals surface area contributed by atoms with Crippen molar-refractivity contribution >= 4 is 5.69 Å². The van der Waals surface area contributed by atoms with E-state index in [9.17, 15) is 4.91 Å². The molecule has 0 aliphatic rings. The minimum absolute atomic E-state index is 0.154. The molecule has 0 amide bonds. The van der Waals surface area contributed by atoms with Gasteiger partial charge < -0.3 is 10.8 Å². The number of nitrogens with zero attached hydrogens (tertiary/aromatic N) is 2. The number of rotatable bonds is 3. The highest BCUT2D eigenvalue weighted by Crippen LogP contribution is 2.15. The number of aliphatic hydroxyl groups excluding tert-OH is 1. The predicted molar refractivity (Wildman–Crippen MR) is 37.9 cm³/mol. The molecule has 1 aromatic heterocycles. The van der Waals surface area contributed by atoms with Gasteiger partial charge in [-0.2, -0.15) is 5.10 Å². The van der Waals surface area contributed by atoms with E-state index in [0.29, 0.717) is 5.69 Å². The Labute approximate surface area is 62.4 Å². The van der Waals surface area contributed by atoms with Crippen LogP contribution in [0.1, 0.15) is 5.69 Å². The van der Waals surface area contributed by atoms with E-state index < -0.39 is 6.23 Å². The fourth-order valence-corrected chi connectivity index (χ4v) is 0.745. The summed E-state index contributed by atoms with van der Waals surface area (Å²) in [5, 5.41) is 17.5. The number of nitroso groups, excluding NO2 is 1. The number of nitrogens with one attached hydrogen (secondary N) is 1. The average Bonchev–Trinajstić information content (AvgIpc) is 2.34. The maximum Gasteiger partial charge on any atom is 0.148 e. The van der Waals surface area contributed by atoms with E-state index in [0.717, 1.165) is 0 Å². The molecular formula is C5H8N4O2. The first-order chi connectivity index (χ1) is 5.24. The number of nitrogens with two attached hydrogens (primary N) is 1. The van der Waals surface area contributed by atoms with Gasteiger partial charge in [0.25, 0.3) is 0 Å². The standard InChI is InChI=1S/C5H8N4O2/c6-5(10)1-3-4(9-11)2-7-8-3/h2,5,10H,1,6H2,(H,7,8). The summed E-state index contributed by atoms with van der Waals surface area (Å²) in [6, 6.07) is 0. The molecule has 1 rings (SSSR count). The van der Waals surface area contributed by atoms with E-state index >= 15 is 0 Å². The van der Waals surface area contributed by atoms with Crippen molar-refractivity contribution in [1.82, 2.24) is 10.2 Å². The molecule has 0 aliphatic heterocycles. The molecule has 1 aromatic rings. The third-order valence-electron chi connectivity index (χ3n) is 1.21. The Morgan fingerprint density at radius 3 is 3.18 bits per heavy atom. The number of aromatic amines is 1. The van der Waals surface area contributed by atoms with Gasteiger partial charge in [-0.25, -0.2) is 0 Å². The summed E-state index contributed by atoms with van der Waals surface area (Å²) < 4.78 is 0. The molecule has 0 saturated carbocycles. The summed E-state index contributed by atoms with van der Waals surface area (Å²) in [6.07, 6.45) is 0.446. The lowest BCUT2D eigenvalue weighted by Gasteiger charge is -1.99. The lowest BCUT2D eigenvalue weighted by Crippen LogP contribution is -2.21. The van der Waals surface area contributed by atoms with Crippen LogP contribution < -0.4 is 5.73 Å². The van der Waals surface area contributed by atoms with Gasteiger partial charge in [0, 0.05) is 6.42 Å². The molecule has 6 heteroatoms. The predicted octanol–water partition coefficient (Wildman–Crippen LogP) is -0.373. The third-order valence-corrected chi connectivity index (χ3v) is 1.21. The van der Waals surface area contributed by atoms with Crippen LogP contribution in [0.4, 0.5) is 5.69 Å². The van der Waals surface area contributed by atoms with Crippen LogP contribution in [0.5, 0.6) is 0 Å². The average molecular weight is 156 g/mol. The Kier molecular flexibility index (Phi) is 2.29. The zero-order valence-electron chi connectivity index (χ0n) is 5.69. The Morgan fingerprint density at radius 2 is 2.64 bits per heavy atom. The minimum atomic E-state index is -0.990. The number of aromatic nitrogens is 2. The first kappa shape index (κ1) is 7.83. The second kappa shape index (κ2) is 3.22. The Morgan fingerprint density at radius 1 is 1.91 bits per heavy atom. The van der Waals surface area contributed by atoms with E-state index in [1.807, 2.05) is 0 Å². The smallest absolute Gasteiger partial charge is 0.148 e. The molecule has 0 aromatic carbocycles. The van der Waals surface area contributed by atoms with E-state index in [2.05, 4.69) is 15.4 Å². The molecular weight excluding hydrogens is 148 g/mol. The number of H-pyrrole nitrogens is 1. The van der Waals surface area contributed by atoms with Crippen molar-refractivity contribution < 1.29 is 5.11 Å². The highest BCUT2D eigenvalue weighted by Gasteiger charge is 2.07. The van der Waals surface area contributed by atoms with Crippen LogP contribution in [0.2, 0.25) is 0 Å². The van der Waals surface area contributed by atoms with Crippen LogP contribution >= 0.6 is 0 Å². The van der Waals surface area contributed by atoms with Crippen molar-refractivity contribution in [3.05, 3.63) is 16.8 Å². The molecule has 11 heavy (non-hydrogen) atoms. The van der Waals surface area contributed by atoms with Gasteiger partial charge in [0.1, 0.15) is 11.9 Å². The highest BCUT2D eigenvalue weighted by molar-refractivity contribution is 5.38. The Bertz CT molecular complexity index is 244. The van der Waals surface area contributed by atoms with Crippen LogP contribution in [0.25, 0.3) is 0 Å². The molecule has 0 fully saturated rings. The Balaban J connectivity index is 2.76. The van der Waals surface area contributed by atoms with Crippen molar-refractivity contribution in [3.63, 3.8) is 0 Å². The monoisotopic (exact) mass is 156 g/mol. The Hall–Kier alpha value is -1.27. The lowest BCUT2D eigenvalue weighted by atomic mass is 10.2. The van der Waals surface area contributed by atoms with Crippen molar-refractivity contribution in [3.8, 4) is 0 Å². The summed E-state index contributed by atoms with van der Waals surface area (Å²) in [4.78, 5) is 10.0. The largest absolute Gasteiger partial charge is 0.378 e. The van der Waals surface area contributed by atoms with E-state index in [1.165, 1.54) is 6.20 Å². The first-order valence-corrected chi connectivity index (χ1v) is 3.03. The fraction of sp³-hybridized carbons (Fsp3) is 0.400. The van der Waals surface area contributed by atoms with Crippen LogP contribution in [-0.2, 0) is 6.42 Å². The normalized spacial score (nSPS) is 12.9. The third kappa shape index (κ3) is 1.82. The van der Waals surface area contributed by atoms with Gasteiger partial charge in [-0.15, -0.1) is 4.91 Å². The molecule has 0 bridgehead atoms. The molecule has 4 N–H and O–H groups in total. The molecule has 0 radical (unpaired) electrons. The van der Waals surface area contributed by atoms with Crippen molar-refractivity contribution in [1.29, 1.82) is 0 Å². The molecule has 1 atom stereocenters. The quantitative estimate of drug-likeness (QED) is 0.410. The lowest BCUT2D eigenvalue weighted by molar-refractivity contribution is 0.182. The number of aliphatic hydroxyl groups is 1. The summed E-state index contributed by atoms with van der Waals surface area (Å²) in [5.41, 5.74) is 5.71. The number of hydrogen-bond donors (Lipinski definition) is 3. The molecule has 1 heterocycles. The van der Waals surface area contributed by atoms with Gasteiger partial charge in [-0.05, 0) is 5.18 Å². The SMILES string of the molecule is NC(O)Cc1[nH]ncc1N=O. The van der Waals surface area contributed by atoms with Gasteiger partial charge in [-0.3, -0.25) is 5.10 Å². The van der Waals surface area contributed by atoms with Gasteiger partial charge >= 0.3 is 0 Å². The topological polar surface area (TPSA) is 104 Å². The zero-order chi connectivity index (χ0) is 8.27. The van der Waals surface area contributed by atoms with Gasteiger partial charge in [0.05, 0.1) is 11.9 Å². The van der Waals surface area contributed by atoms with E-state index in [1.54, 1.807) is 0 Å². The van der Waals surface area contributed by atoms with Gasteiger partial charge in [0.2, 0.25) is 0 Å². The maximum atomic E-state index is 10.0. The molecule has 6 nitrogen and oxygen atoms in total. The molecule has 60 valence electrons. The molecule has 1 unspecified atom stereocenters. The number of hydrogen-bond acceptors (Lipinski definition) is 5. The first-order valence-electron chi connectivity index (χ1n) is 3.03. The van der Waals surface area contributed by atoms with Gasteiger partial charge in [-0.1, -0.05) is 0 Å².